The number of carboxylic acids is 1. The molecule has 3 N–H and O–H groups in total. The summed E-state index contributed by atoms with van der Waals surface area (Å²) in [4.78, 5) is 38.6. The lowest BCUT2D eigenvalue weighted by Gasteiger charge is -2.27. The maximum absolute atomic E-state index is 13.0. The van der Waals surface area contributed by atoms with Gasteiger partial charge in [0.25, 0.3) is 5.91 Å². The molecule has 2 fully saturated rings. The van der Waals surface area contributed by atoms with Crippen molar-refractivity contribution in [2.75, 3.05) is 5.32 Å². The second kappa shape index (κ2) is 7.85. The van der Waals surface area contributed by atoms with Crippen molar-refractivity contribution in [2.24, 2.45) is 17.8 Å². The highest BCUT2D eigenvalue weighted by atomic mass is 32.1. The summed E-state index contributed by atoms with van der Waals surface area (Å²) in [6.45, 7) is 2.21. The van der Waals surface area contributed by atoms with Crippen LogP contribution in [-0.4, -0.2) is 28.9 Å². The van der Waals surface area contributed by atoms with E-state index in [1.807, 2.05) is 0 Å². The van der Waals surface area contributed by atoms with E-state index in [2.05, 4.69) is 17.6 Å². The second-order valence-electron chi connectivity index (χ2n) is 8.63. The van der Waals surface area contributed by atoms with E-state index in [9.17, 15) is 19.5 Å². The van der Waals surface area contributed by atoms with Crippen LogP contribution >= 0.6 is 11.3 Å². The molecule has 3 aliphatic rings. The number of fused-ring (bicyclic) bond motifs is 1. The minimum atomic E-state index is -0.897. The van der Waals surface area contributed by atoms with Gasteiger partial charge in [-0.2, -0.15) is 0 Å². The van der Waals surface area contributed by atoms with Crippen LogP contribution in [0.1, 0.15) is 72.7 Å². The molecule has 3 aliphatic carbocycles. The predicted octanol–water partition coefficient (Wildman–Crippen LogP) is 3.59. The summed E-state index contributed by atoms with van der Waals surface area (Å²) in [6, 6.07) is 0.254. The van der Waals surface area contributed by atoms with Crippen molar-refractivity contribution in [3.63, 3.8) is 0 Å². The van der Waals surface area contributed by atoms with Gasteiger partial charge in [-0.3, -0.25) is 14.4 Å². The number of amides is 2. The SMILES string of the molecule is C[C@@H]1CCc2c(sc(NC(=O)[C@@H]3CCCC[C@H]3C(=O)O)c2C(=O)NC2CC2)C1. The zero-order valence-corrected chi connectivity index (χ0v) is 17.1. The molecule has 1 aromatic rings. The number of carbonyl (C=O) groups is 3. The molecule has 6 nitrogen and oxygen atoms in total. The van der Waals surface area contributed by atoms with Gasteiger partial charge < -0.3 is 15.7 Å². The molecule has 7 heteroatoms. The second-order valence-corrected chi connectivity index (χ2v) is 9.73. The minimum absolute atomic E-state index is 0.0942. The maximum atomic E-state index is 13.0. The van der Waals surface area contributed by atoms with Gasteiger partial charge in [-0.25, -0.2) is 0 Å². The molecule has 0 aromatic carbocycles. The first-order valence-electron chi connectivity index (χ1n) is 10.4. The third-order valence-corrected chi connectivity index (χ3v) is 7.48. The number of hydrogen-bond donors (Lipinski definition) is 3. The van der Waals surface area contributed by atoms with Crippen molar-refractivity contribution < 1.29 is 19.5 Å². The number of nitrogens with one attached hydrogen (secondary N) is 2. The number of carbonyl (C=O) groups excluding carboxylic acids is 2. The highest BCUT2D eigenvalue weighted by molar-refractivity contribution is 7.17. The van der Waals surface area contributed by atoms with Gasteiger partial charge in [-0.15, -0.1) is 11.3 Å². The molecule has 0 saturated heterocycles. The van der Waals surface area contributed by atoms with Crippen LogP contribution in [0.3, 0.4) is 0 Å². The fourth-order valence-electron chi connectivity index (χ4n) is 4.51. The number of hydrogen-bond acceptors (Lipinski definition) is 4. The first-order chi connectivity index (χ1) is 13.4. The standard InChI is InChI=1S/C21H28N2O4S/c1-11-6-9-15-16(10-11)28-20(17(15)19(25)22-12-7-8-12)23-18(24)13-4-2-3-5-14(13)21(26)27/h11-14H,2-10H2,1H3,(H,22,25)(H,23,24)(H,26,27)/t11-,13-,14-/m1/s1. The van der Waals surface area contributed by atoms with E-state index in [-0.39, 0.29) is 17.9 Å². The Kier molecular flexibility index (Phi) is 5.45. The molecular formula is C21H28N2O4S. The van der Waals surface area contributed by atoms with Gasteiger partial charge in [0, 0.05) is 10.9 Å². The van der Waals surface area contributed by atoms with Crippen LogP contribution in [0.4, 0.5) is 5.00 Å². The smallest absolute Gasteiger partial charge is 0.307 e. The lowest BCUT2D eigenvalue weighted by Crippen LogP contribution is -2.36. The molecule has 0 aliphatic heterocycles. The Hall–Kier alpha value is -1.89. The van der Waals surface area contributed by atoms with Gasteiger partial charge in [0.2, 0.25) is 5.91 Å². The van der Waals surface area contributed by atoms with E-state index < -0.39 is 17.8 Å². The molecular weight excluding hydrogens is 376 g/mol. The summed E-state index contributed by atoms with van der Waals surface area (Å²) in [5, 5.41) is 16.1. The number of anilines is 1. The lowest BCUT2D eigenvalue weighted by molar-refractivity contribution is -0.147. The van der Waals surface area contributed by atoms with Crippen LogP contribution in [0.5, 0.6) is 0 Å². The molecule has 3 atom stereocenters. The topological polar surface area (TPSA) is 95.5 Å². The average molecular weight is 405 g/mol. The van der Waals surface area contributed by atoms with Crippen molar-refractivity contribution in [1.29, 1.82) is 0 Å². The van der Waals surface area contributed by atoms with E-state index in [1.54, 1.807) is 0 Å². The molecule has 0 spiro atoms. The van der Waals surface area contributed by atoms with E-state index in [0.29, 0.717) is 29.3 Å². The van der Waals surface area contributed by atoms with E-state index in [1.165, 1.54) is 16.2 Å². The Bertz CT molecular complexity index is 799. The van der Waals surface area contributed by atoms with Crippen LogP contribution in [0, 0.1) is 17.8 Å². The number of carboxylic acid groups (broad SMARTS) is 1. The normalized spacial score (nSPS) is 27.0. The first kappa shape index (κ1) is 19.4. The van der Waals surface area contributed by atoms with Crippen LogP contribution in [0.25, 0.3) is 0 Å². The molecule has 1 aromatic heterocycles. The van der Waals surface area contributed by atoms with E-state index in [4.69, 9.17) is 0 Å². The largest absolute Gasteiger partial charge is 0.481 e. The zero-order chi connectivity index (χ0) is 19.8. The summed E-state index contributed by atoms with van der Waals surface area (Å²) in [7, 11) is 0. The van der Waals surface area contributed by atoms with Gasteiger partial charge in [-0.1, -0.05) is 19.8 Å². The molecule has 4 rings (SSSR count). The summed E-state index contributed by atoms with van der Waals surface area (Å²) >= 11 is 1.50. The fraction of sp³-hybridized carbons (Fsp3) is 0.667. The molecule has 1 heterocycles. The third kappa shape index (κ3) is 3.95. The van der Waals surface area contributed by atoms with Crippen LogP contribution in [0.15, 0.2) is 0 Å². The Morgan fingerprint density at radius 1 is 1.04 bits per heavy atom. The number of rotatable bonds is 5. The summed E-state index contributed by atoms with van der Waals surface area (Å²) < 4.78 is 0. The van der Waals surface area contributed by atoms with Crippen molar-refractivity contribution in [3.8, 4) is 0 Å². The predicted molar refractivity (Wildman–Crippen MR) is 108 cm³/mol. The Morgan fingerprint density at radius 2 is 1.75 bits per heavy atom. The van der Waals surface area contributed by atoms with E-state index >= 15 is 0 Å². The zero-order valence-electron chi connectivity index (χ0n) is 16.3. The highest BCUT2D eigenvalue weighted by Crippen LogP contribution is 2.41. The number of aliphatic carboxylic acids is 1. The molecule has 152 valence electrons. The number of thiophene rings is 1. The van der Waals surface area contributed by atoms with Crippen LogP contribution < -0.4 is 10.6 Å². The van der Waals surface area contributed by atoms with Gasteiger partial charge in [0.15, 0.2) is 0 Å². The quantitative estimate of drug-likeness (QED) is 0.699. The van der Waals surface area contributed by atoms with Gasteiger partial charge in [0.1, 0.15) is 5.00 Å². The van der Waals surface area contributed by atoms with Crippen LogP contribution in [-0.2, 0) is 22.4 Å². The maximum Gasteiger partial charge on any atom is 0.307 e. The molecule has 2 saturated carbocycles. The van der Waals surface area contributed by atoms with Gasteiger partial charge >= 0.3 is 5.97 Å². The molecule has 2 amide bonds. The van der Waals surface area contributed by atoms with Crippen molar-refractivity contribution in [1.82, 2.24) is 5.32 Å². The highest BCUT2D eigenvalue weighted by Gasteiger charge is 2.37. The summed E-state index contributed by atoms with van der Waals surface area (Å²) in [5.74, 6) is -1.83. The first-order valence-corrected chi connectivity index (χ1v) is 11.2. The third-order valence-electron chi connectivity index (χ3n) is 6.31. The van der Waals surface area contributed by atoms with Crippen molar-refractivity contribution >= 4 is 34.1 Å². The monoisotopic (exact) mass is 404 g/mol. The van der Waals surface area contributed by atoms with E-state index in [0.717, 1.165) is 50.5 Å². The van der Waals surface area contributed by atoms with Crippen molar-refractivity contribution in [2.45, 2.75) is 70.8 Å². The summed E-state index contributed by atoms with van der Waals surface area (Å²) in [6.07, 6.45) is 7.72. The molecule has 0 unspecified atom stereocenters. The Labute approximate surface area is 169 Å². The van der Waals surface area contributed by atoms with Gasteiger partial charge in [-0.05, 0) is 56.4 Å². The summed E-state index contributed by atoms with van der Waals surface area (Å²) in [5.41, 5.74) is 1.70. The Balaban J connectivity index is 1.60. The average Bonchev–Trinajstić information content (AvgIpc) is 3.40. The fourth-order valence-corrected chi connectivity index (χ4v) is 5.92. The Morgan fingerprint density at radius 3 is 2.43 bits per heavy atom. The van der Waals surface area contributed by atoms with Crippen molar-refractivity contribution in [3.05, 3.63) is 16.0 Å². The lowest BCUT2D eigenvalue weighted by atomic mass is 9.78. The van der Waals surface area contributed by atoms with Gasteiger partial charge in [0.05, 0.1) is 17.4 Å². The minimum Gasteiger partial charge on any atom is -0.481 e. The van der Waals surface area contributed by atoms with Crippen LogP contribution in [0.2, 0.25) is 0 Å². The molecule has 0 radical (unpaired) electrons. The molecule has 28 heavy (non-hydrogen) atoms. The molecule has 0 bridgehead atoms.